The molecule has 0 aromatic heterocycles. The Balaban J connectivity index is 2.24. The van der Waals surface area contributed by atoms with E-state index in [1.807, 2.05) is 49.4 Å². The summed E-state index contributed by atoms with van der Waals surface area (Å²) >= 11 is 0. The lowest BCUT2D eigenvalue weighted by atomic mass is 9.98. The molecule has 7 N–H and O–H groups in total. The summed E-state index contributed by atoms with van der Waals surface area (Å²) in [6.45, 7) is 1.96. The first kappa shape index (κ1) is 26.7. The Morgan fingerprint density at radius 2 is 1.74 bits per heavy atom. The van der Waals surface area contributed by atoms with Gasteiger partial charge in [0.05, 0.1) is 12.5 Å². The van der Waals surface area contributed by atoms with E-state index in [1.165, 1.54) is 7.05 Å². The van der Waals surface area contributed by atoms with Crippen LogP contribution in [0.5, 0.6) is 0 Å². The third kappa shape index (κ3) is 7.00. The minimum Gasteiger partial charge on any atom is -0.481 e. The van der Waals surface area contributed by atoms with Gasteiger partial charge in [0.2, 0.25) is 17.7 Å². The lowest BCUT2D eigenvalue weighted by Gasteiger charge is -2.30. The molecule has 10 nitrogen and oxygen atoms in total. The van der Waals surface area contributed by atoms with E-state index in [0.29, 0.717) is 6.42 Å². The fourth-order valence-corrected chi connectivity index (χ4v) is 3.84. The number of carbonyl (C=O) groups excluding carboxylic acids is 3. The van der Waals surface area contributed by atoms with E-state index >= 15 is 0 Å². The molecule has 0 heterocycles. The van der Waals surface area contributed by atoms with Crippen molar-refractivity contribution in [3.05, 3.63) is 48.0 Å². The van der Waals surface area contributed by atoms with Crippen molar-refractivity contribution in [1.82, 2.24) is 15.6 Å². The fraction of sp³-hybridized carbons (Fsp3) is 0.417. The summed E-state index contributed by atoms with van der Waals surface area (Å²) < 4.78 is 0. The lowest BCUT2D eigenvalue weighted by Crippen LogP contribution is -2.57. The molecule has 0 aliphatic carbocycles. The number of nitrogens with two attached hydrogens (primary N) is 2. The van der Waals surface area contributed by atoms with Crippen LogP contribution in [0.4, 0.5) is 0 Å². The van der Waals surface area contributed by atoms with Crippen LogP contribution in [0.3, 0.4) is 0 Å². The molecule has 0 aliphatic rings. The number of nitrogens with zero attached hydrogens (tertiary/aromatic N) is 1. The van der Waals surface area contributed by atoms with Gasteiger partial charge in [-0.1, -0.05) is 62.2 Å². The Morgan fingerprint density at radius 1 is 1.06 bits per heavy atom. The number of rotatable bonds is 13. The molecule has 0 aliphatic heterocycles. The highest BCUT2D eigenvalue weighted by Gasteiger charge is 2.34. The predicted octanol–water partition coefficient (Wildman–Crippen LogP) is 0.676. The van der Waals surface area contributed by atoms with Gasteiger partial charge in [0, 0.05) is 13.5 Å². The summed E-state index contributed by atoms with van der Waals surface area (Å²) in [6, 6.07) is 9.99. The molecule has 3 amide bonds. The van der Waals surface area contributed by atoms with Gasteiger partial charge in [-0.15, -0.1) is 0 Å². The van der Waals surface area contributed by atoms with Gasteiger partial charge >= 0.3 is 5.97 Å². The largest absolute Gasteiger partial charge is 0.481 e. The van der Waals surface area contributed by atoms with Crippen LogP contribution in [0.15, 0.2) is 42.5 Å². The molecule has 2 aromatic rings. The van der Waals surface area contributed by atoms with Crippen molar-refractivity contribution in [3.63, 3.8) is 0 Å². The van der Waals surface area contributed by atoms with E-state index in [2.05, 4.69) is 10.7 Å². The van der Waals surface area contributed by atoms with E-state index in [-0.39, 0.29) is 6.42 Å². The molecular weight excluding hydrogens is 438 g/mol. The average molecular weight is 472 g/mol. The van der Waals surface area contributed by atoms with E-state index < -0.39 is 48.2 Å². The second-order valence-electron chi connectivity index (χ2n) is 8.23. The highest BCUT2D eigenvalue weighted by Crippen LogP contribution is 2.20. The quantitative estimate of drug-likeness (QED) is 0.211. The summed E-state index contributed by atoms with van der Waals surface area (Å²) in [4.78, 5) is 50.7. The number of primary amides is 1. The highest BCUT2D eigenvalue weighted by atomic mass is 16.4. The third-order valence-corrected chi connectivity index (χ3v) is 5.80. The van der Waals surface area contributed by atoms with Crippen LogP contribution < -0.4 is 22.3 Å². The zero-order valence-electron chi connectivity index (χ0n) is 19.5. The Hall–Kier alpha value is -3.50. The third-order valence-electron chi connectivity index (χ3n) is 5.80. The zero-order chi connectivity index (χ0) is 25.3. The molecule has 184 valence electrons. The van der Waals surface area contributed by atoms with Crippen molar-refractivity contribution in [3.8, 4) is 0 Å². The fourth-order valence-electron chi connectivity index (χ4n) is 3.84. The van der Waals surface area contributed by atoms with E-state index in [0.717, 1.165) is 34.1 Å². The molecule has 34 heavy (non-hydrogen) atoms. The van der Waals surface area contributed by atoms with Gasteiger partial charge in [0.25, 0.3) is 0 Å². The number of carboxylic acid groups (broad SMARTS) is 1. The molecule has 0 saturated carbocycles. The predicted molar refractivity (Wildman–Crippen MR) is 128 cm³/mol. The highest BCUT2D eigenvalue weighted by molar-refractivity contribution is 5.95. The standard InChI is InChI=1S/C24H33N5O5/c1-3-4-12-18(28-26)24(34)29(2)20(14-21(30)31)23(33)27-19(22(25)32)13-16-10-7-9-15-8-5-6-11-17(15)16/h5-11,18-20,28H,3-4,12-14,26H2,1-2H3,(H2,25,32)(H,27,33)(H,30,31)/t18-,19-,20+/m0/s1. The van der Waals surface area contributed by atoms with Gasteiger partial charge in [0.1, 0.15) is 12.1 Å². The zero-order valence-corrected chi connectivity index (χ0v) is 19.5. The number of amides is 3. The van der Waals surface area contributed by atoms with E-state index in [1.54, 1.807) is 0 Å². The maximum absolute atomic E-state index is 13.1. The summed E-state index contributed by atoms with van der Waals surface area (Å²) in [7, 11) is 1.34. The molecule has 2 rings (SSSR count). The second kappa shape index (κ2) is 12.7. The van der Waals surface area contributed by atoms with Gasteiger partial charge in [0.15, 0.2) is 0 Å². The van der Waals surface area contributed by atoms with E-state index in [4.69, 9.17) is 11.6 Å². The monoisotopic (exact) mass is 471 g/mol. The number of carboxylic acids is 1. The number of benzene rings is 2. The molecular formula is C24H33N5O5. The van der Waals surface area contributed by atoms with E-state index in [9.17, 15) is 24.3 Å². The molecule has 3 atom stereocenters. The van der Waals surface area contributed by atoms with Crippen molar-refractivity contribution in [2.24, 2.45) is 11.6 Å². The second-order valence-corrected chi connectivity index (χ2v) is 8.23. The summed E-state index contributed by atoms with van der Waals surface area (Å²) in [6.07, 6.45) is 1.46. The van der Waals surface area contributed by atoms with Crippen LogP contribution in [0.1, 0.15) is 38.2 Å². The SMILES string of the molecule is CCCC[C@H](NN)C(=O)N(C)[C@H](CC(=O)O)C(=O)N[C@@H](Cc1cccc2ccccc12)C(N)=O. The number of fused-ring (bicyclic) bond motifs is 1. The first-order valence-corrected chi connectivity index (χ1v) is 11.2. The van der Waals surface area contributed by atoms with Crippen LogP contribution in [-0.4, -0.2) is 58.9 Å². The molecule has 0 radical (unpaired) electrons. The average Bonchev–Trinajstić information content (AvgIpc) is 2.81. The van der Waals surface area contributed by atoms with Crippen molar-refractivity contribution >= 4 is 34.5 Å². The maximum atomic E-state index is 13.1. The van der Waals surface area contributed by atoms with Crippen molar-refractivity contribution < 1.29 is 24.3 Å². The van der Waals surface area contributed by atoms with Crippen LogP contribution in [0.25, 0.3) is 10.8 Å². The smallest absolute Gasteiger partial charge is 0.305 e. The molecule has 0 saturated heterocycles. The van der Waals surface area contributed by atoms with Gasteiger partial charge in [-0.25, -0.2) is 5.43 Å². The van der Waals surface area contributed by atoms with Gasteiger partial charge < -0.3 is 21.1 Å². The van der Waals surface area contributed by atoms with Gasteiger partial charge in [-0.05, 0) is 22.8 Å². The van der Waals surface area contributed by atoms with Crippen molar-refractivity contribution in [2.75, 3.05) is 7.05 Å². The summed E-state index contributed by atoms with van der Waals surface area (Å²) in [5.74, 6) is 2.17. The normalized spacial score (nSPS) is 13.6. The first-order valence-electron chi connectivity index (χ1n) is 11.2. The molecule has 0 unspecified atom stereocenters. The number of likely N-dealkylation sites (N-methyl/N-ethyl adjacent to an activating group) is 1. The summed E-state index contributed by atoms with van der Waals surface area (Å²) in [5.41, 5.74) is 8.79. The maximum Gasteiger partial charge on any atom is 0.305 e. The van der Waals surface area contributed by atoms with Crippen LogP contribution >= 0.6 is 0 Å². The van der Waals surface area contributed by atoms with Crippen LogP contribution in [-0.2, 0) is 25.6 Å². The molecule has 10 heteroatoms. The van der Waals surface area contributed by atoms with Crippen molar-refractivity contribution in [2.45, 2.75) is 57.2 Å². The van der Waals surface area contributed by atoms with Gasteiger partial charge in [-0.3, -0.25) is 25.0 Å². The Kier molecular flexibility index (Phi) is 9.96. The molecule has 0 bridgehead atoms. The van der Waals surface area contributed by atoms with Crippen LogP contribution in [0.2, 0.25) is 0 Å². The minimum absolute atomic E-state index is 0.114. The summed E-state index contributed by atoms with van der Waals surface area (Å²) in [5, 5.41) is 13.8. The first-order chi connectivity index (χ1) is 16.2. The number of hydrogen-bond acceptors (Lipinski definition) is 6. The minimum atomic E-state index is -1.35. The topological polar surface area (TPSA) is 168 Å². The Bertz CT molecular complexity index is 1020. The lowest BCUT2D eigenvalue weighted by molar-refractivity contribution is -0.146. The molecule has 0 spiro atoms. The van der Waals surface area contributed by atoms with Crippen molar-refractivity contribution in [1.29, 1.82) is 0 Å². The number of unbranched alkanes of at least 4 members (excludes halogenated alkanes) is 1. The number of aliphatic carboxylic acids is 1. The van der Waals surface area contributed by atoms with Gasteiger partial charge in [-0.2, -0.15) is 0 Å². The molecule has 2 aromatic carbocycles. The van der Waals surface area contributed by atoms with Crippen LogP contribution in [0, 0.1) is 0 Å². The number of hydrogen-bond donors (Lipinski definition) is 5. The number of nitrogens with one attached hydrogen (secondary N) is 2. The number of hydrazine groups is 1. The Morgan fingerprint density at radius 3 is 2.35 bits per heavy atom. The number of carbonyl (C=O) groups is 4. The molecule has 0 fully saturated rings. The Labute approximate surface area is 198 Å².